The fourth-order valence-corrected chi connectivity index (χ4v) is 3.29. The molecule has 0 bridgehead atoms. The van der Waals surface area contributed by atoms with E-state index in [1.807, 2.05) is 6.07 Å². The summed E-state index contributed by atoms with van der Waals surface area (Å²) in [5.74, 6) is 1.66. The Labute approximate surface area is 134 Å². The van der Waals surface area contributed by atoms with Crippen molar-refractivity contribution in [2.45, 2.75) is 54.4 Å². The number of aryl methyl sites for hydroxylation is 2. The molecule has 0 aliphatic carbocycles. The first-order valence-electron chi connectivity index (χ1n) is 8.12. The van der Waals surface area contributed by atoms with Gasteiger partial charge in [0.1, 0.15) is 0 Å². The summed E-state index contributed by atoms with van der Waals surface area (Å²) in [5.41, 5.74) is 0.927. The topological polar surface area (TPSA) is 20.3 Å². The van der Waals surface area contributed by atoms with Gasteiger partial charge in [0.2, 0.25) is 0 Å². The molecule has 3 heteroatoms. The van der Waals surface area contributed by atoms with Gasteiger partial charge in [0.25, 0.3) is 0 Å². The van der Waals surface area contributed by atoms with E-state index in [4.69, 9.17) is 0 Å². The maximum Gasteiger partial charge on any atom is 0.177 e. The predicted octanol–water partition coefficient (Wildman–Crippen LogP) is 4.94. The highest BCUT2D eigenvalue weighted by molar-refractivity contribution is 7.12. The largest absolute Gasteiger partial charge is 0.296 e. The normalized spacial score (nSPS) is 11.9. The minimum atomic E-state index is 0.282. The first-order valence-corrected chi connectivity index (χ1v) is 8.93. The van der Waals surface area contributed by atoms with Gasteiger partial charge in [0.15, 0.2) is 5.78 Å². The van der Waals surface area contributed by atoms with Gasteiger partial charge in [-0.1, -0.05) is 27.7 Å². The third kappa shape index (κ3) is 6.75. The third-order valence-electron chi connectivity index (χ3n) is 3.75. The Morgan fingerprint density at radius 3 is 2.00 bits per heavy atom. The van der Waals surface area contributed by atoms with Gasteiger partial charge in [0, 0.05) is 15.3 Å². The van der Waals surface area contributed by atoms with Crippen LogP contribution < -0.4 is 0 Å². The average molecular weight is 310 g/mol. The summed E-state index contributed by atoms with van der Waals surface area (Å²) in [7, 11) is 0. The molecule has 0 saturated carbocycles. The van der Waals surface area contributed by atoms with Crippen molar-refractivity contribution in [3.05, 3.63) is 21.4 Å². The summed E-state index contributed by atoms with van der Waals surface area (Å²) in [6.45, 7) is 15.7. The second kappa shape index (κ2) is 8.70. The quantitative estimate of drug-likeness (QED) is 0.602. The van der Waals surface area contributed by atoms with Crippen LogP contribution in [0.4, 0.5) is 0 Å². The summed E-state index contributed by atoms with van der Waals surface area (Å²) >= 11 is 1.72. The van der Waals surface area contributed by atoms with E-state index in [0.29, 0.717) is 18.4 Å². The van der Waals surface area contributed by atoms with Gasteiger partial charge in [-0.25, -0.2) is 0 Å². The van der Waals surface area contributed by atoms with Crippen LogP contribution in [-0.4, -0.2) is 30.3 Å². The Morgan fingerprint density at radius 1 is 1.10 bits per heavy atom. The Hall–Kier alpha value is -0.670. The summed E-state index contributed by atoms with van der Waals surface area (Å²) in [6.07, 6.45) is 2.32. The van der Waals surface area contributed by atoms with Crippen molar-refractivity contribution in [1.29, 1.82) is 0 Å². The van der Waals surface area contributed by atoms with Crippen LogP contribution in [0.1, 0.15) is 60.6 Å². The maximum atomic E-state index is 12.5. The van der Waals surface area contributed by atoms with Gasteiger partial charge in [-0.3, -0.25) is 9.69 Å². The van der Waals surface area contributed by atoms with Gasteiger partial charge in [0.05, 0.1) is 6.54 Å². The average Bonchev–Trinajstić information content (AvgIpc) is 2.71. The molecule has 0 N–H and O–H groups in total. The van der Waals surface area contributed by atoms with Crippen LogP contribution in [0.15, 0.2) is 6.07 Å². The highest BCUT2D eigenvalue weighted by Crippen LogP contribution is 2.21. The number of nitrogens with zero attached hydrogens (tertiary/aromatic N) is 1. The Kier molecular flexibility index (Phi) is 7.61. The minimum absolute atomic E-state index is 0.282. The second-order valence-electron chi connectivity index (χ2n) is 6.89. The SMILES string of the molecule is Cc1cc(C(=O)CN(CCC(C)C)CCC(C)C)c(C)s1. The number of hydrogen-bond donors (Lipinski definition) is 0. The molecule has 0 aliphatic rings. The van der Waals surface area contributed by atoms with Crippen LogP contribution in [-0.2, 0) is 0 Å². The summed E-state index contributed by atoms with van der Waals surface area (Å²) in [5, 5.41) is 0. The van der Waals surface area contributed by atoms with E-state index in [9.17, 15) is 4.79 Å². The van der Waals surface area contributed by atoms with Gasteiger partial charge >= 0.3 is 0 Å². The summed E-state index contributed by atoms with van der Waals surface area (Å²) < 4.78 is 0. The third-order valence-corrected chi connectivity index (χ3v) is 4.72. The number of rotatable bonds is 9. The van der Waals surface area contributed by atoms with Crippen LogP contribution in [0.25, 0.3) is 0 Å². The molecule has 0 aliphatic heterocycles. The molecular formula is C18H31NOS. The molecule has 21 heavy (non-hydrogen) atoms. The zero-order valence-electron chi connectivity index (χ0n) is 14.5. The zero-order valence-corrected chi connectivity index (χ0v) is 15.3. The number of carbonyl (C=O) groups is 1. The van der Waals surface area contributed by atoms with E-state index < -0.39 is 0 Å². The molecule has 0 atom stereocenters. The lowest BCUT2D eigenvalue weighted by molar-refractivity contribution is 0.0923. The Bertz CT molecular complexity index is 436. The molecule has 0 radical (unpaired) electrons. The van der Waals surface area contributed by atoms with Crippen molar-refractivity contribution in [2.24, 2.45) is 11.8 Å². The smallest absolute Gasteiger partial charge is 0.177 e. The van der Waals surface area contributed by atoms with Gasteiger partial charge < -0.3 is 0 Å². The molecule has 0 amide bonds. The number of carbonyl (C=O) groups excluding carboxylic acids is 1. The van der Waals surface area contributed by atoms with Crippen molar-refractivity contribution in [3.8, 4) is 0 Å². The van der Waals surface area contributed by atoms with Crippen LogP contribution in [0.5, 0.6) is 0 Å². The molecule has 120 valence electrons. The maximum absolute atomic E-state index is 12.5. The first kappa shape index (κ1) is 18.4. The molecule has 0 fully saturated rings. The monoisotopic (exact) mass is 309 g/mol. The molecular weight excluding hydrogens is 278 g/mol. The molecule has 1 aromatic rings. The Morgan fingerprint density at radius 2 is 1.62 bits per heavy atom. The number of Topliss-reactive ketones (excluding diaryl/α,β-unsaturated/α-hetero) is 1. The number of ketones is 1. The lowest BCUT2D eigenvalue weighted by atomic mass is 10.1. The van der Waals surface area contributed by atoms with Gasteiger partial charge in [-0.2, -0.15) is 0 Å². The second-order valence-corrected chi connectivity index (χ2v) is 8.35. The summed E-state index contributed by atoms with van der Waals surface area (Å²) in [6, 6.07) is 2.05. The van der Waals surface area contributed by atoms with E-state index in [1.165, 1.54) is 4.88 Å². The van der Waals surface area contributed by atoms with Gasteiger partial charge in [-0.05, 0) is 57.7 Å². The molecule has 1 aromatic heterocycles. The van der Waals surface area contributed by atoms with Gasteiger partial charge in [-0.15, -0.1) is 11.3 Å². The van der Waals surface area contributed by atoms with E-state index in [1.54, 1.807) is 11.3 Å². The lowest BCUT2D eigenvalue weighted by Gasteiger charge is -2.23. The Balaban J connectivity index is 2.65. The van der Waals surface area contributed by atoms with Crippen molar-refractivity contribution in [1.82, 2.24) is 4.90 Å². The summed E-state index contributed by atoms with van der Waals surface area (Å²) in [4.78, 5) is 17.3. The van der Waals surface area contributed by atoms with Crippen LogP contribution in [0.3, 0.4) is 0 Å². The molecule has 0 unspecified atom stereocenters. The fourth-order valence-electron chi connectivity index (χ4n) is 2.35. The number of thiophene rings is 1. The highest BCUT2D eigenvalue weighted by atomic mass is 32.1. The lowest BCUT2D eigenvalue weighted by Crippen LogP contribution is -2.33. The van der Waals surface area contributed by atoms with E-state index in [0.717, 1.165) is 36.4 Å². The molecule has 0 saturated heterocycles. The van der Waals surface area contributed by atoms with E-state index in [2.05, 4.69) is 46.4 Å². The highest BCUT2D eigenvalue weighted by Gasteiger charge is 2.16. The van der Waals surface area contributed by atoms with Crippen molar-refractivity contribution < 1.29 is 4.79 Å². The molecule has 1 rings (SSSR count). The van der Waals surface area contributed by atoms with Crippen LogP contribution in [0, 0.1) is 25.7 Å². The molecule has 0 spiro atoms. The standard InChI is InChI=1S/C18H31NOS/c1-13(2)7-9-19(10-8-14(3)4)12-18(20)17-11-15(5)21-16(17)6/h11,13-14H,7-10,12H2,1-6H3. The van der Waals surface area contributed by atoms with Crippen LogP contribution in [0.2, 0.25) is 0 Å². The van der Waals surface area contributed by atoms with Crippen molar-refractivity contribution >= 4 is 17.1 Å². The minimum Gasteiger partial charge on any atom is -0.296 e. The molecule has 2 nitrogen and oxygen atoms in total. The molecule has 1 heterocycles. The van der Waals surface area contributed by atoms with Crippen LogP contribution >= 0.6 is 11.3 Å². The predicted molar refractivity (Wildman–Crippen MR) is 93.5 cm³/mol. The van der Waals surface area contributed by atoms with Crippen molar-refractivity contribution in [3.63, 3.8) is 0 Å². The van der Waals surface area contributed by atoms with E-state index >= 15 is 0 Å². The van der Waals surface area contributed by atoms with Crippen molar-refractivity contribution in [2.75, 3.05) is 19.6 Å². The fraction of sp³-hybridized carbons (Fsp3) is 0.722. The molecule has 0 aromatic carbocycles. The first-order chi connectivity index (χ1) is 9.79. The number of hydrogen-bond acceptors (Lipinski definition) is 3. The van der Waals surface area contributed by atoms with E-state index in [-0.39, 0.29) is 5.78 Å². The zero-order chi connectivity index (χ0) is 16.0.